The van der Waals surface area contributed by atoms with Crippen LogP contribution in [-0.4, -0.2) is 16.5 Å². The van der Waals surface area contributed by atoms with E-state index in [0.29, 0.717) is 12.5 Å². The summed E-state index contributed by atoms with van der Waals surface area (Å²) >= 11 is 1.69. The summed E-state index contributed by atoms with van der Waals surface area (Å²) in [6.07, 6.45) is 4.98. The number of hydrogen-bond acceptors (Lipinski definition) is 2. The highest BCUT2D eigenvalue weighted by Gasteiger charge is 2.27. The van der Waals surface area contributed by atoms with Gasteiger partial charge in [0, 0.05) is 42.0 Å². The minimum atomic E-state index is 0.0712. The Morgan fingerprint density at radius 2 is 1.86 bits per heavy atom. The Morgan fingerprint density at radius 3 is 2.62 bits per heavy atom. The molecule has 0 aliphatic heterocycles. The van der Waals surface area contributed by atoms with E-state index >= 15 is 0 Å². The van der Waals surface area contributed by atoms with Gasteiger partial charge in [-0.3, -0.25) is 4.79 Å². The van der Waals surface area contributed by atoms with Crippen molar-refractivity contribution < 1.29 is 4.79 Å². The molecule has 0 radical (unpaired) electrons. The molecular formula is C25H24N2OS. The zero-order valence-corrected chi connectivity index (χ0v) is 17.1. The molecule has 1 saturated carbocycles. The number of fused-ring (bicyclic) bond motifs is 1. The number of nitrogens with zero attached hydrogens (tertiary/aromatic N) is 1. The van der Waals surface area contributed by atoms with Crippen LogP contribution in [0.5, 0.6) is 0 Å². The van der Waals surface area contributed by atoms with E-state index in [4.69, 9.17) is 0 Å². The molecule has 1 N–H and O–H groups in total. The number of nitrogens with one attached hydrogen (secondary N) is 1. The molecule has 1 fully saturated rings. The van der Waals surface area contributed by atoms with E-state index in [1.54, 1.807) is 11.3 Å². The minimum absolute atomic E-state index is 0.0712. The molecule has 1 atom stereocenters. The van der Waals surface area contributed by atoms with Gasteiger partial charge in [-0.2, -0.15) is 11.3 Å². The zero-order valence-electron chi connectivity index (χ0n) is 16.3. The summed E-state index contributed by atoms with van der Waals surface area (Å²) in [5, 5.41) is 8.68. The SMILES string of the molecule is O=C(CC(c1ccsc1)c1cn(Cc2ccccc2)c2ccccc12)NC1CC1. The average molecular weight is 401 g/mol. The molecule has 146 valence electrons. The van der Waals surface area contributed by atoms with Gasteiger partial charge in [0.1, 0.15) is 0 Å². The summed E-state index contributed by atoms with van der Waals surface area (Å²) in [6, 6.07) is 21.6. The second-order valence-corrected chi connectivity index (χ2v) is 8.65. The summed E-state index contributed by atoms with van der Waals surface area (Å²) in [5.74, 6) is 0.227. The smallest absolute Gasteiger partial charge is 0.221 e. The van der Waals surface area contributed by atoms with Gasteiger partial charge in [0.15, 0.2) is 0 Å². The first-order chi connectivity index (χ1) is 14.3. The maximum atomic E-state index is 12.7. The van der Waals surface area contributed by atoms with Crippen molar-refractivity contribution in [2.45, 2.75) is 37.8 Å². The van der Waals surface area contributed by atoms with Gasteiger partial charge in [0.25, 0.3) is 0 Å². The molecule has 0 bridgehead atoms. The first-order valence-corrected chi connectivity index (χ1v) is 11.2. The molecule has 0 saturated heterocycles. The summed E-state index contributed by atoms with van der Waals surface area (Å²) in [7, 11) is 0. The third-order valence-electron chi connectivity index (χ3n) is 5.67. The molecule has 1 aliphatic carbocycles. The molecule has 2 heterocycles. The number of benzene rings is 2. The van der Waals surface area contributed by atoms with Crippen LogP contribution in [0.1, 0.15) is 41.9 Å². The first kappa shape index (κ1) is 18.2. The fourth-order valence-corrected chi connectivity index (χ4v) is 4.76. The average Bonchev–Trinajstić information content (AvgIpc) is 3.26. The molecule has 1 unspecified atom stereocenters. The molecule has 1 aliphatic rings. The molecule has 0 spiro atoms. The monoisotopic (exact) mass is 400 g/mol. The first-order valence-electron chi connectivity index (χ1n) is 10.2. The number of para-hydroxylation sites is 1. The molecule has 4 heteroatoms. The number of rotatable bonds is 7. The highest BCUT2D eigenvalue weighted by Crippen LogP contribution is 2.36. The fraction of sp³-hybridized carbons (Fsp3) is 0.240. The van der Waals surface area contributed by atoms with E-state index in [1.165, 1.54) is 27.6 Å². The number of carbonyl (C=O) groups is 1. The Kier molecular flexibility index (Phi) is 4.94. The van der Waals surface area contributed by atoms with Crippen LogP contribution in [0.4, 0.5) is 0 Å². The van der Waals surface area contributed by atoms with Gasteiger partial charge in [-0.15, -0.1) is 0 Å². The van der Waals surface area contributed by atoms with Crippen molar-refractivity contribution in [3.8, 4) is 0 Å². The maximum Gasteiger partial charge on any atom is 0.221 e. The summed E-state index contributed by atoms with van der Waals surface area (Å²) < 4.78 is 2.32. The van der Waals surface area contributed by atoms with E-state index in [2.05, 4.69) is 81.4 Å². The summed E-state index contributed by atoms with van der Waals surface area (Å²) in [6.45, 7) is 0.825. The number of carbonyl (C=O) groups excluding carboxylic acids is 1. The van der Waals surface area contributed by atoms with Crippen molar-refractivity contribution in [3.63, 3.8) is 0 Å². The fourth-order valence-electron chi connectivity index (χ4n) is 4.04. The highest BCUT2D eigenvalue weighted by atomic mass is 32.1. The van der Waals surface area contributed by atoms with Crippen LogP contribution < -0.4 is 5.32 Å². The summed E-state index contributed by atoms with van der Waals surface area (Å²) in [5.41, 5.74) is 4.96. The molecule has 3 nitrogen and oxygen atoms in total. The number of aromatic nitrogens is 1. The van der Waals surface area contributed by atoms with Gasteiger partial charge in [-0.25, -0.2) is 0 Å². The van der Waals surface area contributed by atoms with Crippen LogP contribution in [0.2, 0.25) is 0 Å². The highest BCUT2D eigenvalue weighted by molar-refractivity contribution is 7.08. The van der Waals surface area contributed by atoms with Gasteiger partial charge in [0.05, 0.1) is 0 Å². The van der Waals surface area contributed by atoms with E-state index in [0.717, 1.165) is 19.4 Å². The maximum absolute atomic E-state index is 12.7. The molecule has 4 aromatic rings. The van der Waals surface area contributed by atoms with E-state index in [-0.39, 0.29) is 11.8 Å². The molecule has 2 aromatic carbocycles. The van der Waals surface area contributed by atoms with Gasteiger partial charge < -0.3 is 9.88 Å². The molecule has 29 heavy (non-hydrogen) atoms. The van der Waals surface area contributed by atoms with Crippen molar-refractivity contribution >= 4 is 28.1 Å². The van der Waals surface area contributed by atoms with Crippen LogP contribution in [0.25, 0.3) is 10.9 Å². The van der Waals surface area contributed by atoms with Crippen LogP contribution in [0.15, 0.2) is 77.6 Å². The Hall–Kier alpha value is -2.85. The van der Waals surface area contributed by atoms with Crippen molar-refractivity contribution in [1.82, 2.24) is 9.88 Å². The van der Waals surface area contributed by atoms with Gasteiger partial charge in [0.2, 0.25) is 5.91 Å². The molecule has 5 rings (SSSR count). The van der Waals surface area contributed by atoms with Crippen LogP contribution >= 0.6 is 11.3 Å². The number of hydrogen-bond donors (Lipinski definition) is 1. The lowest BCUT2D eigenvalue weighted by atomic mass is 9.89. The normalized spacial score (nSPS) is 14.8. The Bertz CT molecular complexity index is 1110. The lowest BCUT2D eigenvalue weighted by Crippen LogP contribution is -2.27. The lowest BCUT2D eigenvalue weighted by molar-refractivity contribution is -0.121. The molecule has 2 aromatic heterocycles. The minimum Gasteiger partial charge on any atom is -0.353 e. The predicted octanol–water partition coefficient (Wildman–Crippen LogP) is 5.55. The lowest BCUT2D eigenvalue weighted by Gasteiger charge is -2.15. The van der Waals surface area contributed by atoms with E-state index in [1.807, 2.05) is 6.07 Å². The third kappa shape index (κ3) is 3.99. The Balaban J connectivity index is 1.54. The van der Waals surface area contributed by atoms with Gasteiger partial charge >= 0.3 is 0 Å². The second-order valence-electron chi connectivity index (χ2n) is 7.87. The van der Waals surface area contributed by atoms with Gasteiger partial charge in [-0.1, -0.05) is 48.5 Å². The van der Waals surface area contributed by atoms with Crippen molar-refractivity contribution in [2.24, 2.45) is 0 Å². The van der Waals surface area contributed by atoms with E-state index < -0.39 is 0 Å². The zero-order chi connectivity index (χ0) is 19.6. The second kappa shape index (κ2) is 7.88. The summed E-state index contributed by atoms with van der Waals surface area (Å²) in [4.78, 5) is 12.7. The topological polar surface area (TPSA) is 34.0 Å². The van der Waals surface area contributed by atoms with Crippen molar-refractivity contribution in [2.75, 3.05) is 0 Å². The van der Waals surface area contributed by atoms with Gasteiger partial charge in [-0.05, 0) is 52.4 Å². The van der Waals surface area contributed by atoms with Crippen LogP contribution in [0, 0.1) is 0 Å². The number of thiophene rings is 1. The predicted molar refractivity (Wildman–Crippen MR) is 119 cm³/mol. The van der Waals surface area contributed by atoms with Crippen molar-refractivity contribution in [1.29, 1.82) is 0 Å². The van der Waals surface area contributed by atoms with Crippen molar-refractivity contribution in [3.05, 3.63) is 94.3 Å². The number of amides is 1. The Morgan fingerprint density at radius 1 is 1.07 bits per heavy atom. The van der Waals surface area contributed by atoms with E-state index in [9.17, 15) is 4.79 Å². The molecular weight excluding hydrogens is 376 g/mol. The Labute approximate surface area is 175 Å². The third-order valence-corrected chi connectivity index (χ3v) is 6.37. The molecule has 1 amide bonds. The standard InChI is InChI=1S/C25H24N2OS/c28-25(26-20-10-11-20)14-22(19-12-13-29-17-19)23-16-27(15-18-6-2-1-3-7-18)24-9-5-4-8-21(23)24/h1-9,12-13,16-17,20,22H,10-11,14-15H2,(H,26,28). The quantitative estimate of drug-likeness (QED) is 0.433. The van der Waals surface area contributed by atoms with Crippen LogP contribution in [-0.2, 0) is 11.3 Å². The van der Waals surface area contributed by atoms with Crippen LogP contribution in [0.3, 0.4) is 0 Å². The largest absolute Gasteiger partial charge is 0.353 e.